The van der Waals surface area contributed by atoms with E-state index in [4.69, 9.17) is 5.11 Å². The van der Waals surface area contributed by atoms with Crippen LogP contribution in [0, 0.1) is 0 Å². The van der Waals surface area contributed by atoms with Crippen LogP contribution < -0.4 is 0 Å². The van der Waals surface area contributed by atoms with Gasteiger partial charge in [-0.15, -0.1) is 0 Å². The van der Waals surface area contributed by atoms with Crippen LogP contribution in [0.25, 0.3) is 0 Å². The van der Waals surface area contributed by atoms with Gasteiger partial charge in [-0.05, 0) is 27.9 Å². The maximum absolute atomic E-state index is 10.9. The van der Waals surface area contributed by atoms with Crippen molar-refractivity contribution in [2.45, 2.75) is 26.3 Å². The number of hydrogen-bond acceptors (Lipinski definition) is 3. The Kier molecular flexibility index (Phi) is 5.09. The number of nitrogens with zero attached hydrogens (tertiary/aromatic N) is 1. The molecule has 14 heavy (non-hydrogen) atoms. The van der Waals surface area contributed by atoms with E-state index in [9.17, 15) is 9.59 Å². The van der Waals surface area contributed by atoms with Crippen LogP contribution in [0.15, 0.2) is 11.6 Å². The second-order valence-electron chi connectivity index (χ2n) is 3.59. The third kappa shape index (κ3) is 4.77. The summed E-state index contributed by atoms with van der Waals surface area (Å²) in [6.45, 7) is 3.03. The lowest BCUT2D eigenvalue weighted by molar-refractivity contribution is -0.132. The Morgan fingerprint density at radius 2 is 1.86 bits per heavy atom. The first-order chi connectivity index (χ1) is 6.34. The Morgan fingerprint density at radius 1 is 1.36 bits per heavy atom. The number of carbonyl (C=O) groups is 2. The van der Waals surface area contributed by atoms with Crippen molar-refractivity contribution >= 4 is 11.8 Å². The van der Waals surface area contributed by atoms with Gasteiger partial charge in [-0.2, -0.15) is 0 Å². The highest BCUT2D eigenvalue weighted by molar-refractivity contribution is 5.86. The van der Waals surface area contributed by atoms with E-state index in [1.807, 2.05) is 19.0 Å². The van der Waals surface area contributed by atoms with Crippen molar-refractivity contribution in [3.05, 3.63) is 11.6 Å². The molecule has 0 aliphatic heterocycles. The monoisotopic (exact) mass is 199 g/mol. The fourth-order valence-corrected chi connectivity index (χ4v) is 1.04. The first-order valence-corrected chi connectivity index (χ1v) is 4.42. The Balaban J connectivity index is 4.59. The van der Waals surface area contributed by atoms with Gasteiger partial charge in [0.2, 0.25) is 0 Å². The summed E-state index contributed by atoms with van der Waals surface area (Å²) in [6, 6.07) is -0.136. The molecule has 0 fully saturated rings. The van der Waals surface area contributed by atoms with Crippen LogP contribution in [0.4, 0.5) is 0 Å². The number of Topliss-reactive ketones (excluding diaryl/α,β-unsaturated/α-hetero) is 1. The molecule has 80 valence electrons. The zero-order chi connectivity index (χ0) is 11.3. The molecular formula is C10H17NO3. The van der Waals surface area contributed by atoms with Crippen LogP contribution in [0.3, 0.4) is 0 Å². The molecule has 0 saturated carbocycles. The molecule has 0 bridgehead atoms. The largest absolute Gasteiger partial charge is 0.478 e. The van der Waals surface area contributed by atoms with Gasteiger partial charge in [0.15, 0.2) is 0 Å². The standard InChI is InChI=1S/C10H17NO3/c1-7(10(13)14)5-9(11(3)4)6-8(2)12/h5,9H,6H2,1-4H3,(H,13,14)/b7-5+. The van der Waals surface area contributed by atoms with E-state index in [0.29, 0.717) is 6.42 Å². The van der Waals surface area contributed by atoms with Crippen molar-refractivity contribution in [1.29, 1.82) is 0 Å². The van der Waals surface area contributed by atoms with Gasteiger partial charge in [-0.25, -0.2) is 4.79 Å². The molecule has 0 saturated heterocycles. The Labute approximate surface area is 84.2 Å². The van der Waals surface area contributed by atoms with Gasteiger partial charge >= 0.3 is 5.97 Å². The topological polar surface area (TPSA) is 57.6 Å². The lowest BCUT2D eigenvalue weighted by atomic mass is 10.1. The van der Waals surface area contributed by atoms with E-state index >= 15 is 0 Å². The van der Waals surface area contributed by atoms with E-state index in [1.54, 1.807) is 6.08 Å². The Bertz CT molecular complexity index is 256. The minimum atomic E-state index is -0.944. The summed E-state index contributed by atoms with van der Waals surface area (Å²) in [5.41, 5.74) is 0.268. The number of carboxylic acid groups (broad SMARTS) is 1. The molecule has 4 nitrogen and oxygen atoms in total. The molecule has 0 radical (unpaired) electrons. The van der Waals surface area contributed by atoms with Crippen LogP contribution in [-0.4, -0.2) is 41.9 Å². The third-order valence-electron chi connectivity index (χ3n) is 1.94. The van der Waals surface area contributed by atoms with Gasteiger partial charge in [0.25, 0.3) is 0 Å². The highest BCUT2D eigenvalue weighted by atomic mass is 16.4. The molecular weight excluding hydrogens is 182 g/mol. The fourth-order valence-electron chi connectivity index (χ4n) is 1.04. The van der Waals surface area contributed by atoms with Crippen LogP contribution in [-0.2, 0) is 9.59 Å². The molecule has 1 N–H and O–H groups in total. The Hall–Kier alpha value is -1.16. The van der Waals surface area contributed by atoms with Gasteiger partial charge < -0.3 is 10.0 Å². The van der Waals surface area contributed by atoms with Gasteiger partial charge in [0.05, 0.1) is 0 Å². The SMILES string of the molecule is CC(=O)CC(/C=C(\C)C(=O)O)N(C)C. The van der Waals surface area contributed by atoms with Crippen molar-refractivity contribution < 1.29 is 14.7 Å². The number of carbonyl (C=O) groups excluding carboxylic acids is 1. The quantitative estimate of drug-likeness (QED) is 0.669. The van der Waals surface area contributed by atoms with Crippen molar-refractivity contribution in [3.63, 3.8) is 0 Å². The number of carboxylic acids is 1. The van der Waals surface area contributed by atoms with Crippen LogP contribution in [0.1, 0.15) is 20.3 Å². The van der Waals surface area contributed by atoms with E-state index in [1.165, 1.54) is 13.8 Å². The molecule has 4 heteroatoms. The summed E-state index contributed by atoms with van der Waals surface area (Å²) in [5.74, 6) is -0.890. The predicted molar refractivity (Wildman–Crippen MR) is 54.2 cm³/mol. The molecule has 1 unspecified atom stereocenters. The van der Waals surface area contributed by atoms with E-state index in [-0.39, 0.29) is 17.4 Å². The van der Waals surface area contributed by atoms with Gasteiger partial charge in [0.1, 0.15) is 5.78 Å². The maximum atomic E-state index is 10.9. The van der Waals surface area contributed by atoms with Crippen molar-refractivity contribution in [2.24, 2.45) is 0 Å². The average Bonchev–Trinajstić information content (AvgIpc) is 2.01. The molecule has 0 heterocycles. The summed E-state index contributed by atoms with van der Waals surface area (Å²) >= 11 is 0. The minimum Gasteiger partial charge on any atom is -0.478 e. The second kappa shape index (κ2) is 5.54. The number of aliphatic carboxylic acids is 1. The van der Waals surface area contributed by atoms with Crippen molar-refractivity contribution in [1.82, 2.24) is 4.90 Å². The number of ketones is 1. The lowest BCUT2D eigenvalue weighted by Crippen LogP contribution is -2.28. The highest BCUT2D eigenvalue weighted by Crippen LogP contribution is 2.06. The number of hydrogen-bond donors (Lipinski definition) is 1. The molecule has 0 aliphatic rings. The van der Waals surface area contributed by atoms with Crippen LogP contribution >= 0.6 is 0 Å². The lowest BCUT2D eigenvalue weighted by Gasteiger charge is -2.20. The van der Waals surface area contributed by atoms with Crippen molar-refractivity contribution in [2.75, 3.05) is 14.1 Å². The van der Waals surface area contributed by atoms with E-state index in [0.717, 1.165) is 0 Å². The van der Waals surface area contributed by atoms with Crippen molar-refractivity contribution in [3.8, 4) is 0 Å². The third-order valence-corrected chi connectivity index (χ3v) is 1.94. The first-order valence-electron chi connectivity index (χ1n) is 4.42. The summed E-state index contributed by atoms with van der Waals surface area (Å²) in [7, 11) is 3.64. The molecule has 0 amide bonds. The maximum Gasteiger partial charge on any atom is 0.331 e. The molecule has 0 aromatic heterocycles. The molecule has 0 aromatic carbocycles. The number of likely N-dealkylation sites (N-methyl/N-ethyl adjacent to an activating group) is 1. The molecule has 1 atom stereocenters. The molecule has 0 rings (SSSR count). The number of rotatable bonds is 5. The summed E-state index contributed by atoms with van der Waals surface area (Å²) in [5, 5.41) is 8.68. The fraction of sp³-hybridized carbons (Fsp3) is 0.600. The Morgan fingerprint density at radius 3 is 2.14 bits per heavy atom. The minimum absolute atomic E-state index is 0.0538. The normalized spacial score (nSPS) is 14.2. The summed E-state index contributed by atoms with van der Waals surface area (Å²) in [4.78, 5) is 23.3. The highest BCUT2D eigenvalue weighted by Gasteiger charge is 2.12. The summed E-state index contributed by atoms with van der Waals surface area (Å²) < 4.78 is 0. The van der Waals surface area contributed by atoms with Gasteiger partial charge in [0, 0.05) is 18.0 Å². The van der Waals surface area contributed by atoms with Crippen LogP contribution in [0.5, 0.6) is 0 Å². The zero-order valence-electron chi connectivity index (χ0n) is 9.07. The molecule has 0 aromatic rings. The van der Waals surface area contributed by atoms with E-state index < -0.39 is 5.97 Å². The zero-order valence-corrected chi connectivity index (χ0v) is 9.07. The predicted octanol–water partition coefficient (Wildman–Crippen LogP) is 0.927. The summed E-state index contributed by atoms with van der Waals surface area (Å²) in [6.07, 6.45) is 1.95. The molecule has 0 spiro atoms. The van der Waals surface area contributed by atoms with Gasteiger partial charge in [-0.3, -0.25) is 4.79 Å². The first kappa shape index (κ1) is 12.8. The average molecular weight is 199 g/mol. The van der Waals surface area contributed by atoms with E-state index in [2.05, 4.69) is 0 Å². The van der Waals surface area contributed by atoms with Gasteiger partial charge in [-0.1, -0.05) is 6.08 Å². The molecule has 0 aliphatic carbocycles. The second-order valence-corrected chi connectivity index (χ2v) is 3.59. The smallest absolute Gasteiger partial charge is 0.331 e. The van der Waals surface area contributed by atoms with Crippen LogP contribution in [0.2, 0.25) is 0 Å².